The maximum atomic E-state index is 11.0. The fraction of sp³-hybridized carbons (Fsp3) is 0.400. The van der Waals surface area contributed by atoms with E-state index in [4.69, 9.17) is 24.8 Å². The third kappa shape index (κ3) is 6.75. The van der Waals surface area contributed by atoms with Gasteiger partial charge in [0.05, 0.1) is 49.0 Å². The number of hydrogen-bond acceptors (Lipinski definition) is 9. The normalized spacial score (nSPS) is 18.0. The lowest BCUT2D eigenvalue weighted by molar-refractivity contribution is -0.138. The first-order valence-electron chi connectivity index (χ1n) is 14.1. The van der Waals surface area contributed by atoms with Gasteiger partial charge in [-0.25, -0.2) is 14.6 Å². The lowest BCUT2D eigenvalue weighted by Crippen LogP contribution is -2.36. The first-order valence-corrected chi connectivity index (χ1v) is 14.1. The largest absolute Gasteiger partial charge is 0.480 e. The number of pyridine rings is 1. The van der Waals surface area contributed by atoms with Crippen molar-refractivity contribution in [3.63, 3.8) is 0 Å². The molecule has 0 amide bonds. The zero-order valence-corrected chi connectivity index (χ0v) is 23.1. The summed E-state index contributed by atoms with van der Waals surface area (Å²) in [5.74, 6) is 0.0939. The van der Waals surface area contributed by atoms with Gasteiger partial charge in [0.2, 0.25) is 5.95 Å². The highest BCUT2D eigenvalue weighted by atomic mass is 16.5. The smallest absolute Gasteiger partial charge is 0.317 e. The van der Waals surface area contributed by atoms with Crippen LogP contribution in [-0.4, -0.2) is 84.8 Å². The van der Waals surface area contributed by atoms with Crippen LogP contribution in [0.3, 0.4) is 0 Å². The van der Waals surface area contributed by atoms with Crippen LogP contribution in [0.5, 0.6) is 0 Å². The Morgan fingerprint density at radius 2 is 1.85 bits per heavy atom. The molecule has 3 aromatic heterocycles. The lowest BCUT2D eigenvalue weighted by Gasteiger charge is -2.30. The number of nitrogens with zero attached hydrogens (tertiary/aromatic N) is 7. The zero-order valence-electron chi connectivity index (χ0n) is 23.1. The summed E-state index contributed by atoms with van der Waals surface area (Å²) >= 11 is 0. The van der Waals surface area contributed by atoms with Crippen LogP contribution in [-0.2, 0) is 16.1 Å². The van der Waals surface area contributed by atoms with E-state index in [1.54, 1.807) is 4.68 Å². The molecule has 0 radical (unpaired) electrons. The number of carboxylic acid groups (broad SMARTS) is 1. The second-order valence-corrected chi connectivity index (χ2v) is 10.8. The molecule has 4 aromatic rings. The molecule has 0 aliphatic carbocycles. The molecule has 2 aliphatic rings. The topological polar surface area (TPSA) is 131 Å². The number of anilines is 1. The van der Waals surface area contributed by atoms with E-state index in [1.807, 2.05) is 41.4 Å². The Bertz CT molecular complexity index is 1510. The monoisotopic (exact) mass is 554 g/mol. The van der Waals surface area contributed by atoms with E-state index >= 15 is 0 Å². The number of carbonyl (C=O) groups is 1. The standard InChI is InChI=1S/C30H34N8O3/c1-20-4-2-5-22(14-20)26-15-27(34-30(33-26)32-24-10-13-41-19-24)28-17-38(36-35-28)16-23-6-3-7-25(31-23)21-8-11-37(12-9-21)18-29(39)40/h2-7,14-15,17,21,24H,8-13,16,18-19H2,1H3,(H,39,40)(H,32,33,34)/t24-/m1/s1. The molecule has 5 heterocycles. The SMILES string of the molecule is Cc1cccc(-c2cc(-c3cn(Cc4cccc(C5CCN(CC(=O)O)CC5)n4)nn3)nc(N[C@@H]3CCOC3)n2)c1. The Kier molecular flexibility index (Phi) is 7.97. The highest BCUT2D eigenvalue weighted by Crippen LogP contribution is 2.28. The molecule has 2 saturated heterocycles. The number of aryl methyl sites for hydroxylation is 1. The Morgan fingerprint density at radius 3 is 2.63 bits per heavy atom. The molecule has 0 bridgehead atoms. The molecular weight excluding hydrogens is 520 g/mol. The fourth-order valence-electron chi connectivity index (χ4n) is 5.48. The molecule has 41 heavy (non-hydrogen) atoms. The lowest BCUT2D eigenvalue weighted by atomic mass is 9.93. The molecule has 11 heteroatoms. The number of hydrogen-bond donors (Lipinski definition) is 2. The maximum absolute atomic E-state index is 11.0. The van der Waals surface area contributed by atoms with Gasteiger partial charge in [0.1, 0.15) is 5.69 Å². The van der Waals surface area contributed by atoms with Crippen molar-refractivity contribution in [3.8, 4) is 22.6 Å². The number of rotatable bonds is 9. The summed E-state index contributed by atoms with van der Waals surface area (Å²) in [6.07, 6.45) is 4.61. The van der Waals surface area contributed by atoms with Gasteiger partial charge < -0.3 is 15.2 Å². The average molecular weight is 555 g/mol. The van der Waals surface area contributed by atoms with E-state index in [1.165, 1.54) is 0 Å². The Hall–Kier alpha value is -4.22. The van der Waals surface area contributed by atoms with E-state index in [-0.39, 0.29) is 12.6 Å². The summed E-state index contributed by atoms with van der Waals surface area (Å²) in [6.45, 7) is 5.55. The number of likely N-dealkylation sites (tertiary alicyclic amines) is 1. The number of benzene rings is 1. The van der Waals surface area contributed by atoms with E-state index in [0.717, 1.165) is 67.2 Å². The van der Waals surface area contributed by atoms with Crippen molar-refractivity contribution in [2.45, 2.75) is 44.7 Å². The van der Waals surface area contributed by atoms with E-state index < -0.39 is 5.97 Å². The van der Waals surface area contributed by atoms with Gasteiger partial charge in [0.25, 0.3) is 0 Å². The molecule has 1 atom stereocenters. The number of aromatic nitrogens is 6. The van der Waals surface area contributed by atoms with Gasteiger partial charge in [-0.15, -0.1) is 5.10 Å². The fourth-order valence-corrected chi connectivity index (χ4v) is 5.48. The average Bonchev–Trinajstić information content (AvgIpc) is 3.66. The number of ether oxygens (including phenoxy) is 1. The summed E-state index contributed by atoms with van der Waals surface area (Å²) < 4.78 is 7.31. The van der Waals surface area contributed by atoms with Crippen LogP contribution in [0.4, 0.5) is 5.95 Å². The summed E-state index contributed by atoms with van der Waals surface area (Å²) in [4.78, 5) is 27.5. The molecule has 0 unspecified atom stereocenters. The van der Waals surface area contributed by atoms with Gasteiger partial charge in [-0.1, -0.05) is 35.0 Å². The molecule has 11 nitrogen and oxygen atoms in total. The molecule has 2 aliphatic heterocycles. The summed E-state index contributed by atoms with van der Waals surface area (Å²) in [7, 11) is 0. The number of nitrogens with one attached hydrogen (secondary N) is 1. The van der Waals surface area contributed by atoms with Crippen LogP contribution in [0.15, 0.2) is 54.7 Å². The third-order valence-electron chi connectivity index (χ3n) is 7.62. The molecule has 2 fully saturated rings. The minimum Gasteiger partial charge on any atom is -0.480 e. The van der Waals surface area contributed by atoms with Crippen molar-refractivity contribution in [2.75, 3.05) is 38.2 Å². The van der Waals surface area contributed by atoms with Crippen LogP contribution >= 0.6 is 0 Å². The summed E-state index contributed by atoms with van der Waals surface area (Å²) in [5.41, 5.74) is 6.29. The van der Waals surface area contributed by atoms with Crippen molar-refractivity contribution >= 4 is 11.9 Å². The van der Waals surface area contributed by atoms with Crippen molar-refractivity contribution in [1.82, 2.24) is 34.8 Å². The van der Waals surface area contributed by atoms with Gasteiger partial charge in [-0.05, 0) is 63.5 Å². The van der Waals surface area contributed by atoms with Crippen molar-refractivity contribution < 1.29 is 14.6 Å². The quantitative estimate of drug-likeness (QED) is 0.316. The van der Waals surface area contributed by atoms with E-state index in [0.29, 0.717) is 36.4 Å². The predicted molar refractivity (Wildman–Crippen MR) is 153 cm³/mol. The van der Waals surface area contributed by atoms with Gasteiger partial charge in [0, 0.05) is 23.8 Å². The molecule has 6 rings (SSSR count). The first kappa shape index (κ1) is 27.0. The van der Waals surface area contributed by atoms with E-state index in [2.05, 4.69) is 40.8 Å². The highest BCUT2D eigenvalue weighted by molar-refractivity contribution is 5.69. The molecule has 212 valence electrons. The minimum atomic E-state index is -0.778. The zero-order chi connectivity index (χ0) is 28.2. The predicted octanol–water partition coefficient (Wildman–Crippen LogP) is 3.62. The Labute approximate surface area is 238 Å². The highest BCUT2D eigenvalue weighted by Gasteiger charge is 2.23. The Balaban J connectivity index is 1.20. The van der Waals surface area contributed by atoms with Gasteiger partial charge in [0.15, 0.2) is 0 Å². The minimum absolute atomic E-state index is 0.0974. The van der Waals surface area contributed by atoms with Crippen molar-refractivity contribution in [3.05, 3.63) is 71.7 Å². The molecule has 0 saturated carbocycles. The third-order valence-corrected chi connectivity index (χ3v) is 7.62. The first-order chi connectivity index (χ1) is 20.0. The molecule has 2 N–H and O–H groups in total. The van der Waals surface area contributed by atoms with Crippen LogP contribution < -0.4 is 5.32 Å². The Morgan fingerprint density at radius 1 is 1.02 bits per heavy atom. The van der Waals surface area contributed by atoms with Gasteiger partial charge in [-0.2, -0.15) is 0 Å². The molecular formula is C30H34N8O3. The van der Waals surface area contributed by atoms with Crippen LogP contribution in [0.2, 0.25) is 0 Å². The molecule has 0 spiro atoms. The van der Waals surface area contributed by atoms with Crippen molar-refractivity contribution in [1.29, 1.82) is 0 Å². The number of aliphatic carboxylic acids is 1. The van der Waals surface area contributed by atoms with Crippen molar-refractivity contribution in [2.24, 2.45) is 0 Å². The van der Waals surface area contributed by atoms with Crippen LogP contribution in [0, 0.1) is 6.92 Å². The molecule has 1 aromatic carbocycles. The van der Waals surface area contributed by atoms with E-state index in [9.17, 15) is 4.79 Å². The van der Waals surface area contributed by atoms with Gasteiger partial charge >= 0.3 is 5.97 Å². The summed E-state index contributed by atoms with van der Waals surface area (Å²) in [6, 6.07) is 16.5. The second-order valence-electron chi connectivity index (χ2n) is 10.8. The summed E-state index contributed by atoms with van der Waals surface area (Å²) in [5, 5.41) is 21.3. The maximum Gasteiger partial charge on any atom is 0.317 e. The van der Waals surface area contributed by atoms with Crippen LogP contribution in [0.1, 0.15) is 42.1 Å². The number of carboxylic acids is 1. The number of piperidine rings is 1. The second kappa shape index (κ2) is 12.1. The van der Waals surface area contributed by atoms with Crippen LogP contribution in [0.25, 0.3) is 22.6 Å². The van der Waals surface area contributed by atoms with Gasteiger partial charge in [-0.3, -0.25) is 14.7 Å².